The van der Waals surface area contributed by atoms with E-state index >= 15 is 0 Å². The number of fused-ring (bicyclic) bond motifs is 2. The van der Waals surface area contributed by atoms with Crippen molar-refractivity contribution in [2.75, 3.05) is 0 Å². The van der Waals surface area contributed by atoms with Crippen LogP contribution in [0.1, 0.15) is 5.56 Å². The van der Waals surface area contributed by atoms with E-state index in [0.717, 1.165) is 49.4 Å². The van der Waals surface area contributed by atoms with Crippen LogP contribution in [0.3, 0.4) is 0 Å². The summed E-state index contributed by atoms with van der Waals surface area (Å²) in [7, 11) is 0. The van der Waals surface area contributed by atoms with Crippen molar-refractivity contribution in [3.8, 4) is 67.5 Å². The van der Waals surface area contributed by atoms with Crippen LogP contribution in [0.25, 0.3) is 98.4 Å². The molecular formula is C49H32O4. The van der Waals surface area contributed by atoms with Gasteiger partial charge >= 0.3 is 0 Å². The minimum atomic E-state index is -0.668. The first kappa shape index (κ1) is 30.8. The van der Waals surface area contributed by atoms with E-state index in [0.29, 0.717) is 5.56 Å². The lowest BCUT2D eigenvalue weighted by atomic mass is 9.83. The summed E-state index contributed by atoms with van der Waals surface area (Å²) in [6.45, 7) is 1.52. The third-order valence-electron chi connectivity index (χ3n) is 11.0. The number of benzene rings is 10. The van der Waals surface area contributed by atoms with Crippen LogP contribution < -0.4 is 0 Å². The van der Waals surface area contributed by atoms with E-state index in [-0.39, 0.29) is 16.9 Å². The second kappa shape index (κ2) is 11.5. The van der Waals surface area contributed by atoms with Gasteiger partial charge in [-0.25, -0.2) is 0 Å². The summed E-state index contributed by atoms with van der Waals surface area (Å²) in [6.07, 6.45) is 0. The summed E-state index contributed by atoms with van der Waals surface area (Å²) in [5.41, 5.74) is 7.02. The fourth-order valence-corrected chi connectivity index (χ4v) is 8.43. The van der Waals surface area contributed by atoms with Gasteiger partial charge in [0.25, 0.3) is 0 Å². The SMILES string of the molecule is Cc1c(O)c(O)c(O)c(-c2c3ccccc3c(-c3ccc(-c4ccc5ccc6cccc7ccc4c5c67)cc3)c3ccc(-c4ccccc4)cc23)c1O. The number of hydrogen-bond acceptors (Lipinski definition) is 4. The van der Waals surface area contributed by atoms with E-state index in [9.17, 15) is 20.4 Å². The van der Waals surface area contributed by atoms with Gasteiger partial charge in [0.1, 0.15) is 5.75 Å². The van der Waals surface area contributed by atoms with Crippen molar-refractivity contribution in [1.82, 2.24) is 0 Å². The molecule has 4 N–H and O–H groups in total. The molecule has 4 heteroatoms. The zero-order valence-electron chi connectivity index (χ0n) is 28.7. The van der Waals surface area contributed by atoms with Crippen molar-refractivity contribution in [3.05, 3.63) is 157 Å². The van der Waals surface area contributed by atoms with Gasteiger partial charge in [-0.2, -0.15) is 0 Å². The molecule has 0 saturated carbocycles. The maximum absolute atomic E-state index is 11.5. The van der Waals surface area contributed by atoms with Crippen molar-refractivity contribution in [3.63, 3.8) is 0 Å². The van der Waals surface area contributed by atoms with Crippen LogP contribution in [-0.2, 0) is 0 Å². The zero-order chi connectivity index (χ0) is 36.0. The summed E-state index contributed by atoms with van der Waals surface area (Å²) >= 11 is 0. The van der Waals surface area contributed by atoms with Crippen LogP contribution in [0, 0.1) is 6.92 Å². The molecule has 0 amide bonds. The molecule has 4 nitrogen and oxygen atoms in total. The minimum Gasteiger partial charge on any atom is -0.507 e. The Hall–Kier alpha value is -7.04. The van der Waals surface area contributed by atoms with Gasteiger partial charge in [0.15, 0.2) is 11.5 Å². The monoisotopic (exact) mass is 684 g/mol. The van der Waals surface area contributed by atoms with E-state index in [1.165, 1.54) is 44.8 Å². The maximum atomic E-state index is 11.5. The molecule has 0 fully saturated rings. The Morgan fingerprint density at radius 1 is 0.321 bits per heavy atom. The standard InChI is InChI=1S/C49H32O4/c1-27-46(50)45(48(52)49(53)47(27)51)44-37-13-6-5-12-36(37)42(39-25-22-34(26-40(39)44)28-8-3-2-4-9-28)32-16-14-29(15-17-32)35-23-20-33-19-18-30-10-7-11-31-21-24-38(35)43(33)41(30)31/h2-26,50-53H,1H3. The van der Waals surface area contributed by atoms with Crippen LogP contribution in [0.4, 0.5) is 0 Å². The molecule has 0 radical (unpaired) electrons. The van der Waals surface area contributed by atoms with Gasteiger partial charge in [-0.3, -0.25) is 0 Å². The summed E-state index contributed by atoms with van der Waals surface area (Å²) in [5.74, 6) is -2.09. The van der Waals surface area contributed by atoms with E-state index in [4.69, 9.17) is 0 Å². The average Bonchev–Trinajstić information content (AvgIpc) is 3.21. The predicted molar refractivity (Wildman–Crippen MR) is 218 cm³/mol. The molecule has 0 saturated heterocycles. The van der Waals surface area contributed by atoms with Gasteiger partial charge < -0.3 is 20.4 Å². The lowest BCUT2D eigenvalue weighted by molar-refractivity contribution is 0.360. The molecule has 53 heavy (non-hydrogen) atoms. The number of hydrogen-bond donors (Lipinski definition) is 4. The molecule has 10 rings (SSSR count). The van der Waals surface area contributed by atoms with E-state index in [1.807, 2.05) is 48.5 Å². The highest BCUT2D eigenvalue weighted by molar-refractivity contribution is 6.26. The number of aromatic hydroxyl groups is 4. The lowest BCUT2D eigenvalue weighted by Crippen LogP contribution is -1.94. The quantitative estimate of drug-likeness (QED) is 0.0644. The van der Waals surface area contributed by atoms with Gasteiger partial charge in [0.2, 0.25) is 5.75 Å². The highest BCUT2D eigenvalue weighted by Gasteiger charge is 2.27. The second-order valence-corrected chi connectivity index (χ2v) is 13.9. The molecule has 252 valence electrons. The molecule has 10 aromatic rings. The molecule has 0 unspecified atom stereocenters. The van der Waals surface area contributed by atoms with Gasteiger partial charge in [-0.05, 0) is 100 Å². The van der Waals surface area contributed by atoms with E-state index < -0.39 is 17.2 Å². The normalized spacial score (nSPS) is 11.8. The molecule has 0 atom stereocenters. The third kappa shape index (κ3) is 4.49. The second-order valence-electron chi connectivity index (χ2n) is 13.9. The van der Waals surface area contributed by atoms with Crippen molar-refractivity contribution in [2.45, 2.75) is 6.92 Å². The molecule has 0 aliphatic rings. The number of rotatable bonds is 4. The molecule has 0 bridgehead atoms. The highest BCUT2D eigenvalue weighted by atomic mass is 16.3. The van der Waals surface area contributed by atoms with Gasteiger partial charge in [0.05, 0.1) is 5.56 Å². The first-order valence-corrected chi connectivity index (χ1v) is 17.7. The predicted octanol–water partition coefficient (Wildman–Crippen LogP) is 12.7. The first-order valence-electron chi connectivity index (χ1n) is 17.7. The van der Waals surface area contributed by atoms with Crippen LogP contribution >= 0.6 is 0 Å². The number of phenolic OH excluding ortho intramolecular Hbond substituents is 4. The Bertz CT molecular complexity index is 3040. The minimum absolute atomic E-state index is 0.0696. The lowest BCUT2D eigenvalue weighted by Gasteiger charge is -2.21. The molecule has 0 aliphatic carbocycles. The number of phenols is 4. The Balaban J connectivity index is 1.23. The van der Waals surface area contributed by atoms with Crippen LogP contribution in [-0.4, -0.2) is 20.4 Å². The van der Waals surface area contributed by atoms with Gasteiger partial charge in [-0.1, -0.05) is 146 Å². The molecular weight excluding hydrogens is 653 g/mol. The molecule has 0 aliphatic heterocycles. The van der Waals surface area contributed by atoms with Gasteiger partial charge in [-0.15, -0.1) is 0 Å². The van der Waals surface area contributed by atoms with E-state index in [1.54, 1.807) is 0 Å². The Kier molecular flexibility index (Phi) is 6.67. The molecule has 0 aromatic heterocycles. The first-order chi connectivity index (χ1) is 25.9. The summed E-state index contributed by atoms with van der Waals surface area (Å²) in [6, 6.07) is 52.8. The fourth-order valence-electron chi connectivity index (χ4n) is 8.43. The maximum Gasteiger partial charge on any atom is 0.201 e. The van der Waals surface area contributed by atoms with Crippen LogP contribution in [0.15, 0.2) is 152 Å². The molecule has 0 heterocycles. The molecule has 10 aromatic carbocycles. The van der Waals surface area contributed by atoms with E-state index in [2.05, 4.69) is 103 Å². The Labute approximate surface area is 305 Å². The Morgan fingerprint density at radius 2 is 0.887 bits per heavy atom. The van der Waals surface area contributed by atoms with Crippen LogP contribution in [0.2, 0.25) is 0 Å². The third-order valence-corrected chi connectivity index (χ3v) is 11.0. The van der Waals surface area contributed by atoms with Crippen molar-refractivity contribution in [1.29, 1.82) is 0 Å². The average molecular weight is 685 g/mol. The van der Waals surface area contributed by atoms with Crippen molar-refractivity contribution in [2.24, 2.45) is 0 Å². The van der Waals surface area contributed by atoms with Crippen LogP contribution in [0.5, 0.6) is 23.0 Å². The van der Waals surface area contributed by atoms with Crippen molar-refractivity contribution >= 4 is 53.9 Å². The van der Waals surface area contributed by atoms with Crippen molar-refractivity contribution < 1.29 is 20.4 Å². The summed E-state index contributed by atoms with van der Waals surface area (Å²) in [4.78, 5) is 0. The fraction of sp³-hybridized carbons (Fsp3) is 0.0204. The van der Waals surface area contributed by atoms with Gasteiger partial charge in [0, 0.05) is 11.1 Å². The zero-order valence-corrected chi connectivity index (χ0v) is 28.7. The summed E-state index contributed by atoms with van der Waals surface area (Å²) < 4.78 is 0. The largest absolute Gasteiger partial charge is 0.507 e. The topological polar surface area (TPSA) is 80.9 Å². The smallest absolute Gasteiger partial charge is 0.201 e. The molecule has 0 spiro atoms. The Morgan fingerprint density at radius 3 is 1.62 bits per heavy atom. The highest BCUT2D eigenvalue weighted by Crippen LogP contribution is 2.55. The summed E-state index contributed by atoms with van der Waals surface area (Å²) in [5, 5.41) is 55.1.